The van der Waals surface area contributed by atoms with Crippen LogP contribution in [-0.2, 0) is 11.8 Å². The Morgan fingerprint density at radius 2 is 2.12 bits per heavy atom. The predicted octanol–water partition coefficient (Wildman–Crippen LogP) is 1.11. The summed E-state index contributed by atoms with van der Waals surface area (Å²) in [5, 5.41) is 0. The number of carbonyl (C=O) groups is 1. The molecule has 2 rings (SSSR count). The van der Waals surface area contributed by atoms with Gasteiger partial charge in [-0.05, 0) is 12.1 Å². The molecule has 0 spiro atoms. The van der Waals surface area contributed by atoms with Crippen molar-refractivity contribution in [2.75, 3.05) is 11.9 Å². The Kier molecular flexibility index (Phi) is 2.30. The topological polar surface area (TPSA) is 55.5 Å². The molecule has 84 valence electrons. The summed E-state index contributed by atoms with van der Waals surface area (Å²) in [6, 6.07) is 5.21. The molecule has 5 nitrogen and oxygen atoms in total. The third-order valence-corrected chi connectivity index (χ3v) is 2.64. The average molecular weight is 220 g/mol. The van der Waals surface area contributed by atoms with Crippen LogP contribution in [0.3, 0.4) is 0 Å². The van der Waals surface area contributed by atoms with Crippen molar-refractivity contribution in [1.29, 1.82) is 0 Å². The van der Waals surface area contributed by atoms with Gasteiger partial charge in [-0.3, -0.25) is 9.36 Å². The number of nitrogens with zero attached hydrogens (tertiary/aromatic N) is 2. The number of amides is 1. The van der Waals surface area contributed by atoms with E-state index in [1.165, 1.54) is 16.4 Å². The van der Waals surface area contributed by atoms with Crippen LogP contribution >= 0.6 is 0 Å². The molecule has 1 amide bonds. The average Bonchev–Trinajstić information content (AvgIpc) is 2.53. The Bertz CT molecular complexity index is 609. The number of anilines is 1. The normalized spacial score (nSPS) is 10.7. The lowest BCUT2D eigenvalue weighted by Crippen LogP contribution is -2.22. The molecule has 2 aromatic rings. The lowest BCUT2D eigenvalue weighted by molar-refractivity contribution is -0.116. The van der Waals surface area contributed by atoms with Crippen molar-refractivity contribution in [3.8, 4) is 0 Å². The zero-order valence-corrected chi connectivity index (χ0v) is 9.35. The summed E-state index contributed by atoms with van der Waals surface area (Å²) in [7, 11) is 3.31. The van der Waals surface area contributed by atoms with Gasteiger partial charge in [0.25, 0.3) is 0 Å². The Labute approximate surface area is 91.9 Å². The van der Waals surface area contributed by atoms with Crippen molar-refractivity contribution < 1.29 is 9.21 Å². The monoisotopic (exact) mass is 220 g/mol. The van der Waals surface area contributed by atoms with Gasteiger partial charge >= 0.3 is 5.76 Å². The maximum absolute atomic E-state index is 11.3. The summed E-state index contributed by atoms with van der Waals surface area (Å²) < 4.78 is 6.46. The quantitative estimate of drug-likeness (QED) is 0.723. The maximum Gasteiger partial charge on any atom is 0.419 e. The van der Waals surface area contributed by atoms with Gasteiger partial charge in [0.2, 0.25) is 5.91 Å². The van der Waals surface area contributed by atoms with Gasteiger partial charge in [-0.2, -0.15) is 0 Å². The molecule has 0 aliphatic heterocycles. The number of aryl methyl sites for hydroxylation is 1. The van der Waals surface area contributed by atoms with Crippen LogP contribution in [0.2, 0.25) is 0 Å². The van der Waals surface area contributed by atoms with Crippen molar-refractivity contribution in [2.45, 2.75) is 6.92 Å². The van der Waals surface area contributed by atoms with Gasteiger partial charge in [0.15, 0.2) is 5.58 Å². The molecule has 0 N–H and O–H groups in total. The highest BCUT2D eigenvalue weighted by Crippen LogP contribution is 2.20. The van der Waals surface area contributed by atoms with Gasteiger partial charge in [0, 0.05) is 32.8 Å². The zero-order chi connectivity index (χ0) is 11.9. The molecule has 0 aliphatic carbocycles. The van der Waals surface area contributed by atoms with Gasteiger partial charge in [-0.25, -0.2) is 4.79 Å². The molecule has 16 heavy (non-hydrogen) atoms. The first kappa shape index (κ1) is 10.5. The van der Waals surface area contributed by atoms with Crippen LogP contribution in [-0.4, -0.2) is 17.5 Å². The second-order valence-corrected chi connectivity index (χ2v) is 3.66. The third kappa shape index (κ3) is 1.50. The smallest absolute Gasteiger partial charge is 0.408 e. The van der Waals surface area contributed by atoms with Gasteiger partial charge in [0.05, 0.1) is 5.52 Å². The summed E-state index contributed by atoms with van der Waals surface area (Å²) in [6.07, 6.45) is 0. The summed E-state index contributed by atoms with van der Waals surface area (Å²) >= 11 is 0. The standard InChI is InChI=1S/C11H12N2O3/c1-7(14)12(2)8-4-5-9-10(6-8)16-11(15)13(9)3/h4-6H,1-3H3. The van der Waals surface area contributed by atoms with Crippen molar-refractivity contribution >= 4 is 22.7 Å². The second kappa shape index (κ2) is 3.52. The first-order chi connectivity index (χ1) is 7.50. The minimum absolute atomic E-state index is 0.0716. The minimum Gasteiger partial charge on any atom is -0.408 e. The SMILES string of the molecule is CC(=O)N(C)c1ccc2c(c1)oc(=O)n2C. The molecule has 0 saturated heterocycles. The molecule has 1 aromatic carbocycles. The van der Waals surface area contributed by atoms with Gasteiger partial charge < -0.3 is 9.32 Å². The van der Waals surface area contributed by atoms with Crippen molar-refractivity contribution in [3.63, 3.8) is 0 Å². The Morgan fingerprint density at radius 3 is 2.75 bits per heavy atom. The van der Waals surface area contributed by atoms with E-state index in [1.807, 2.05) is 0 Å². The van der Waals surface area contributed by atoms with E-state index in [-0.39, 0.29) is 5.91 Å². The van der Waals surface area contributed by atoms with Crippen molar-refractivity contribution in [2.24, 2.45) is 7.05 Å². The number of benzene rings is 1. The van der Waals surface area contributed by atoms with E-state index in [2.05, 4.69) is 0 Å². The molecule has 5 heteroatoms. The first-order valence-corrected chi connectivity index (χ1v) is 4.84. The van der Waals surface area contributed by atoms with Crippen LogP contribution in [0.25, 0.3) is 11.1 Å². The molecule has 0 saturated carbocycles. The van der Waals surface area contributed by atoms with Gasteiger partial charge in [-0.15, -0.1) is 0 Å². The molecular weight excluding hydrogens is 208 g/mol. The highest BCUT2D eigenvalue weighted by molar-refractivity contribution is 5.92. The Morgan fingerprint density at radius 1 is 1.44 bits per heavy atom. The molecule has 0 aliphatic rings. The van der Waals surface area contributed by atoms with E-state index in [4.69, 9.17) is 4.42 Å². The molecule has 0 atom stereocenters. The summed E-state index contributed by atoms with van der Waals surface area (Å²) in [5.74, 6) is -0.477. The van der Waals surface area contributed by atoms with E-state index in [0.29, 0.717) is 16.8 Å². The number of fused-ring (bicyclic) bond motifs is 1. The molecule has 0 bridgehead atoms. The lowest BCUT2D eigenvalue weighted by Gasteiger charge is -2.14. The lowest BCUT2D eigenvalue weighted by atomic mass is 10.2. The van der Waals surface area contributed by atoms with Crippen molar-refractivity contribution in [1.82, 2.24) is 4.57 Å². The number of carbonyl (C=O) groups excluding carboxylic acids is 1. The number of oxazole rings is 1. The van der Waals surface area contributed by atoms with Crippen molar-refractivity contribution in [3.05, 3.63) is 28.7 Å². The largest absolute Gasteiger partial charge is 0.419 e. The van der Waals surface area contributed by atoms with E-state index in [1.54, 1.807) is 32.3 Å². The van der Waals surface area contributed by atoms with E-state index in [0.717, 1.165) is 0 Å². The maximum atomic E-state index is 11.3. The summed E-state index contributed by atoms with van der Waals surface area (Å²) in [4.78, 5) is 23.9. The fraction of sp³-hybridized carbons (Fsp3) is 0.273. The number of hydrogen-bond acceptors (Lipinski definition) is 3. The summed E-state index contributed by atoms with van der Waals surface area (Å²) in [5.41, 5.74) is 1.90. The van der Waals surface area contributed by atoms with E-state index < -0.39 is 5.76 Å². The van der Waals surface area contributed by atoms with Crippen LogP contribution < -0.4 is 10.7 Å². The van der Waals surface area contributed by atoms with Crippen LogP contribution in [0.5, 0.6) is 0 Å². The van der Waals surface area contributed by atoms with Crippen LogP contribution in [0.15, 0.2) is 27.4 Å². The van der Waals surface area contributed by atoms with Crippen LogP contribution in [0, 0.1) is 0 Å². The Hall–Kier alpha value is -2.04. The van der Waals surface area contributed by atoms with Gasteiger partial charge in [0.1, 0.15) is 0 Å². The number of rotatable bonds is 1. The highest BCUT2D eigenvalue weighted by atomic mass is 16.4. The molecule has 1 aromatic heterocycles. The fourth-order valence-electron chi connectivity index (χ4n) is 1.51. The molecular formula is C11H12N2O3. The molecule has 0 unspecified atom stereocenters. The van der Waals surface area contributed by atoms with Crippen LogP contribution in [0.1, 0.15) is 6.92 Å². The minimum atomic E-state index is -0.405. The highest BCUT2D eigenvalue weighted by Gasteiger charge is 2.10. The van der Waals surface area contributed by atoms with E-state index >= 15 is 0 Å². The Balaban J connectivity index is 2.61. The summed E-state index contributed by atoms with van der Waals surface area (Å²) in [6.45, 7) is 1.48. The second-order valence-electron chi connectivity index (χ2n) is 3.66. The molecule has 1 heterocycles. The third-order valence-electron chi connectivity index (χ3n) is 2.64. The fourth-order valence-corrected chi connectivity index (χ4v) is 1.51. The predicted molar refractivity (Wildman–Crippen MR) is 60.5 cm³/mol. The zero-order valence-electron chi connectivity index (χ0n) is 9.35. The molecule has 0 radical (unpaired) electrons. The number of aromatic nitrogens is 1. The number of hydrogen-bond donors (Lipinski definition) is 0. The molecule has 0 fully saturated rings. The van der Waals surface area contributed by atoms with E-state index in [9.17, 15) is 9.59 Å². The van der Waals surface area contributed by atoms with Gasteiger partial charge in [-0.1, -0.05) is 0 Å². The first-order valence-electron chi connectivity index (χ1n) is 4.84. The van der Waals surface area contributed by atoms with Crippen LogP contribution in [0.4, 0.5) is 5.69 Å².